The zero-order valence-corrected chi connectivity index (χ0v) is 14.0. The molecule has 0 fully saturated rings. The lowest BCUT2D eigenvalue weighted by atomic mass is 10.0. The third kappa shape index (κ3) is 3.88. The van der Waals surface area contributed by atoms with Gasteiger partial charge in [0.05, 0.1) is 17.3 Å². The van der Waals surface area contributed by atoms with Crippen LogP contribution < -0.4 is 10.6 Å². The Morgan fingerprint density at radius 2 is 1.91 bits per heavy atom. The Labute approximate surface area is 135 Å². The lowest BCUT2D eigenvalue weighted by molar-refractivity contribution is -0.114. The third-order valence-corrected chi connectivity index (χ3v) is 4.51. The van der Waals surface area contributed by atoms with Crippen molar-refractivity contribution in [1.82, 2.24) is 5.32 Å². The zero-order chi connectivity index (χ0) is 16.3. The van der Waals surface area contributed by atoms with E-state index < -0.39 is 0 Å². The fraction of sp³-hybridized carbons (Fsp3) is 0.438. The minimum absolute atomic E-state index is 0.207. The first kappa shape index (κ1) is 16.5. The molecule has 1 aliphatic rings. The molecule has 6 heteroatoms. The van der Waals surface area contributed by atoms with E-state index in [-0.39, 0.29) is 17.9 Å². The van der Waals surface area contributed by atoms with Crippen molar-refractivity contribution in [2.24, 2.45) is 10.9 Å². The molecule has 2 rings (SSSR count). The minimum Gasteiger partial charge on any atom is -0.326 e. The van der Waals surface area contributed by atoms with Crippen LogP contribution in [0.5, 0.6) is 0 Å². The van der Waals surface area contributed by atoms with Gasteiger partial charge in [-0.15, -0.1) is 0 Å². The van der Waals surface area contributed by atoms with Gasteiger partial charge in [0.15, 0.2) is 5.17 Å². The van der Waals surface area contributed by atoms with E-state index in [1.54, 1.807) is 36.0 Å². The van der Waals surface area contributed by atoms with E-state index in [9.17, 15) is 9.59 Å². The lowest BCUT2D eigenvalue weighted by Crippen LogP contribution is -2.28. The first-order chi connectivity index (χ1) is 10.4. The molecular weight excluding hydrogens is 298 g/mol. The molecule has 0 aromatic heterocycles. The summed E-state index contributed by atoms with van der Waals surface area (Å²) < 4.78 is 0. The molecule has 2 unspecified atom stereocenters. The standard InChI is InChI=1S/C16H21N3O2S/c1-9(2)14-10(3)22-16(18-14)19-15(21)12-7-5-6-8-13(12)17-11(4)20/h5-10,14H,1-4H3,(H,17,20)(H,18,19,21). The van der Waals surface area contributed by atoms with Crippen LogP contribution in [0.1, 0.15) is 38.1 Å². The summed E-state index contributed by atoms with van der Waals surface area (Å²) in [6.45, 7) is 7.79. The SMILES string of the molecule is CC(=O)Nc1ccccc1C(=O)NC1=NC(C(C)C)C(C)S1. The number of amides is 2. The average Bonchev–Trinajstić information content (AvgIpc) is 2.79. The summed E-state index contributed by atoms with van der Waals surface area (Å²) in [4.78, 5) is 28.2. The van der Waals surface area contributed by atoms with Gasteiger partial charge in [-0.2, -0.15) is 0 Å². The Morgan fingerprint density at radius 1 is 1.23 bits per heavy atom. The quantitative estimate of drug-likeness (QED) is 0.900. The van der Waals surface area contributed by atoms with Gasteiger partial charge >= 0.3 is 0 Å². The van der Waals surface area contributed by atoms with Gasteiger partial charge in [0, 0.05) is 12.2 Å². The smallest absolute Gasteiger partial charge is 0.259 e. The summed E-state index contributed by atoms with van der Waals surface area (Å²) in [6, 6.07) is 7.15. The molecule has 1 heterocycles. The third-order valence-electron chi connectivity index (χ3n) is 3.43. The summed E-state index contributed by atoms with van der Waals surface area (Å²) in [5, 5.41) is 6.51. The van der Waals surface area contributed by atoms with Crippen LogP contribution in [0.15, 0.2) is 29.3 Å². The number of nitrogens with zero attached hydrogens (tertiary/aromatic N) is 1. The molecule has 2 amide bonds. The Bertz CT molecular complexity index is 613. The van der Waals surface area contributed by atoms with Crippen LogP contribution in [0, 0.1) is 5.92 Å². The fourth-order valence-corrected chi connectivity index (χ4v) is 3.61. The maximum atomic E-state index is 12.4. The molecule has 2 atom stereocenters. The first-order valence-electron chi connectivity index (χ1n) is 7.31. The molecule has 22 heavy (non-hydrogen) atoms. The number of thioether (sulfide) groups is 1. The Hall–Kier alpha value is -1.82. The highest BCUT2D eigenvalue weighted by Crippen LogP contribution is 2.30. The van der Waals surface area contributed by atoms with Gasteiger partial charge in [0.25, 0.3) is 5.91 Å². The van der Waals surface area contributed by atoms with Crippen LogP contribution >= 0.6 is 11.8 Å². The van der Waals surface area contributed by atoms with Gasteiger partial charge in [-0.1, -0.05) is 44.7 Å². The number of para-hydroxylation sites is 1. The van der Waals surface area contributed by atoms with E-state index in [4.69, 9.17) is 0 Å². The molecule has 0 saturated heterocycles. The van der Waals surface area contributed by atoms with Gasteiger partial charge in [-0.3, -0.25) is 14.6 Å². The van der Waals surface area contributed by atoms with E-state index >= 15 is 0 Å². The summed E-state index contributed by atoms with van der Waals surface area (Å²) in [5.41, 5.74) is 0.936. The number of hydrogen-bond acceptors (Lipinski definition) is 4. The van der Waals surface area contributed by atoms with Crippen molar-refractivity contribution in [3.8, 4) is 0 Å². The van der Waals surface area contributed by atoms with Crippen LogP contribution in [0.2, 0.25) is 0 Å². The topological polar surface area (TPSA) is 70.6 Å². The van der Waals surface area contributed by atoms with Gasteiger partial charge in [-0.05, 0) is 18.1 Å². The molecule has 1 aromatic rings. The maximum absolute atomic E-state index is 12.4. The summed E-state index contributed by atoms with van der Waals surface area (Å²) >= 11 is 1.58. The van der Waals surface area contributed by atoms with Crippen molar-refractivity contribution < 1.29 is 9.59 Å². The molecule has 0 saturated carbocycles. The van der Waals surface area contributed by atoms with Gasteiger partial charge in [0.1, 0.15) is 0 Å². The van der Waals surface area contributed by atoms with E-state index in [2.05, 4.69) is 36.4 Å². The van der Waals surface area contributed by atoms with E-state index in [0.717, 1.165) is 0 Å². The Kier molecular flexibility index (Phi) is 5.24. The summed E-state index contributed by atoms with van der Waals surface area (Å²) in [5.74, 6) is -0.0305. The van der Waals surface area contributed by atoms with Crippen molar-refractivity contribution in [2.75, 3.05) is 5.32 Å². The molecule has 0 aliphatic carbocycles. The van der Waals surface area contributed by atoms with Crippen molar-refractivity contribution in [2.45, 2.75) is 39.0 Å². The monoisotopic (exact) mass is 319 g/mol. The highest BCUT2D eigenvalue weighted by Gasteiger charge is 2.30. The molecule has 0 bridgehead atoms. The fourth-order valence-electron chi connectivity index (χ4n) is 2.41. The van der Waals surface area contributed by atoms with Crippen LogP contribution in [0.25, 0.3) is 0 Å². The lowest BCUT2D eigenvalue weighted by Gasteiger charge is -2.14. The number of carbonyl (C=O) groups is 2. The number of aliphatic imine (C=N–C) groups is 1. The van der Waals surface area contributed by atoms with Gasteiger partial charge in [-0.25, -0.2) is 0 Å². The van der Waals surface area contributed by atoms with Crippen molar-refractivity contribution in [3.05, 3.63) is 29.8 Å². The predicted molar refractivity (Wildman–Crippen MR) is 91.3 cm³/mol. The number of nitrogens with one attached hydrogen (secondary N) is 2. The number of anilines is 1. The largest absolute Gasteiger partial charge is 0.326 e. The second-order valence-corrected chi connectivity index (χ2v) is 7.04. The maximum Gasteiger partial charge on any atom is 0.259 e. The van der Waals surface area contributed by atoms with E-state index in [1.165, 1.54) is 6.92 Å². The second kappa shape index (κ2) is 6.96. The predicted octanol–water partition coefficient (Wildman–Crippen LogP) is 2.89. The van der Waals surface area contributed by atoms with Gasteiger partial charge in [0.2, 0.25) is 5.91 Å². The summed E-state index contributed by atoms with van der Waals surface area (Å²) in [6.07, 6.45) is 0. The average molecular weight is 319 g/mol. The van der Waals surface area contributed by atoms with Crippen LogP contribution in [-0.2, 0) is 4.79 Å². The number of rotatable bonds is 3. The normalized spacial score (nSPS) is 20.7. The number of amidine groups is 1. The summed E-state index contributed by atoms with van der Waals surface area (Å²) in [7, 11) is 0. The first-order valence-corrected chi connectivity index (χ1v) is 8.19. The highest BCUT2D eigenvalue weighted by atomic mass is 32.2. The molecular formula is C16H21N3O2S. The van der Waals surface area contributed by atoms with Crippen LogP contribution in [0.3, 0.4) is 0 Å². The minimum atomic E-state index is -0.257. The van der Waals surface area contributed by atoms with Crippen LogP contribution in [-0.4, -0.2) is 28.3 Å². The van der Waals surface area contributed by atoms with Crippen molar-refractivity contribution in [3.63, 3.8) is 0 Å². The number of hydrogen-bond donors (Lipinski definition) is 2. The molecule has 2 N–H and O–H groups in total. The zero-order valence-electron chi connectivity index (χ0n) is 13.2. The molecule has 1 aliphatic heterocycles. The number of carbonyl (C=O) groups excluding carboxylic acids is 2. The van der Waals surface area contributed by atoms with Crippen LogP contribution in [0.4, 0.5) is 5.69 Å². The highest BCUT2D eigenvalue weighted by molar-refractivity contribution is 8.14. The second-order valence-electron chi connectivity index (χ2n) is 5.67. The van der Waals surface area contributed by atoms with Gasteiger partial charge < -0.3 is 10.6 Å². The molecule has 0 radical (unpaired) electrons. The molecule has 0 spiro atoms. The Morgan fingerprint density at radius 3 is 2.50 bits per heavy atom. The Balaban J connectivity index is 2.14. The molecule has 5 nitrogen and oxygen atoms in total. The van der Waals surface area contributed by atoms with E-state index in [0.29, 0.717) is 27.6 Å². The molecule has 1 aromatic carbocycles. The van der Waals surface area contributed by atoms with Crippen molar-refractivity contribution >= 4 is 34.4 Å². The van der Waals surface area contributed by atoms with E-state index in [1.807, 2.05) is 0 Å². The molecule has 118 valence electrons. The number of benzene rings is 1. The van der Waals surface area contributed by atoms with Crippen molar-refractivity contribution in [1.29, 1.82) is 0 Å².